The summed E-state index contributed by atoms with van der Waals surface area (Å²) in [5.41, 5.74) is 5.48. The minimum absolute atomic E-state index is 0.156. The molecule has 0 radical (unpaired) electrons. The normalized spacial score (nSPS) is 14.7. The van der Waals surface area contributed by atoms with E-state index in [4.69, 9.17) is 0 Å². The Morgan fingerprint density at radius 3 is 2.14 bits per heavy atom. The van der Waals surface area contributed by atoms with E-state index in [1.54, 1.807) is 0 Å². The van der Waals surface area contributed by atoms with Gasteiger partial charge in [0.05, 0.1) is 0 Å². The molecule has 0 saturated carbocycles. The van der Waals surface area contributed by atoms with Crippen molar-refractivity contribution in [3.05, 3.63) is 47.1 Å². The van der Waals surface area contributed by atoms with Crippen molar-refractivity contribution >= 4 is 0 Å². The lowest BCUT2D eigenvalue weighted by Crippen LogP contribution is -2.14. The Morgan fingerprint density at radius 1 is 1.14 bits per heavy atom. The average Bonchev–Trinajstić information content (AvgIpc) is 2.36. The summed E-state index contributed by atoms with van der Waals surface area (Å²) in [6, 6.07) is 0. The van der Waals surface area contributed by atoms with Gasteiger partial charge >= 0.3 is 0 Å². The van der Waals surface area contributed by atoms with Crippen molar-refractivity contribution in [2.75, 3.05) is 20.6 Å². The monoisotopic (exact) mass is 303 g/mol. The third-order valence-corrected chi connectivity index (χ3v) is 3.75. The summed E-state index contributed by atoms with van der Waals surface area (Å²) in [5, 5.41) is 0. The molecule has 22 heavy (non-hydrogen) atoms. The number of rotatable bonds is 8. The summed E-state index contributed by atoms with van der Waals surface area (Å²) in [6.07, 6.45) is 10.2. The fraction of sp³-hybridized carbons (Fsp3) is 0.619. The maximum Gasteiger partial charge on any atom is -0.00218 e. The molecule has 0 spiro atoms. The van der Waals surface area contributed by atoms with E-state index in [0.29, 0.717) is 0 Å². The van der Waals surface area contributed by atoms with Gasteiger partial charge in [-0.1, -0.05) is 63.6 Å². The van der Waals surface area contributed by atoms with Crippen molar-refractivity contribution in [3.63, 3.8) is 0 Å². The van der Waals surface area contributed by atoms with Crippen molar-refractivity contribution in [2.45, 2.75) is 60.8 Å². The minimum atomic E-state index is 0.156. The molecule has 1 nitrogen and oxygen atoms in total. The van der Waals surface area contributed by atoms with Gasteiger partial charge in [-0.2, -0.15) is 0 Å². The van der Waals surface area contributed by atoms with Crippen LogP contribution in [-0.4, -0.2) is 25.5 Å². The first-order valence-electron chi connectivity index (χ1n) is 8.48. The largest absolute Gasteiger partial charge is 0.309 e. The van der Waals surface area contributed by atoms with Crippen LogP contribution in [0.5, 0.6) is 0 Å². The second kappa shape index (κ2) is 9.84. The van der Waals surface area contributed by atoms with Gasteiger partial charge in [0.15, 0.2) is 0 Å². The minimum Gasteiger partial charge on any atom is -0.309 e. The van der Waals surface area contributed by atoms with Crippen LogP contribution in [0.25, 0.3) is 0 Å². The molecular formula is C21H37N. The highest BCUT2D eigenvalue weighted by Gasteiger charge is 2.18. The Labute approximate surface area is 139 Å². The molecule has 0 saturated heterocycles. The molecule has 0 N–H and O–H groups in total. The Morgan fingerprint density at radius 2 is 1.73 bits per heavy atom. The molecule has 0 heterocycles. The SMILES string of the molecule is C=C(C)C(/C=C\CC)=C\C(=C(/C)CCCN(C)C)C(C)(C)C. The molecule has 0 aromatic heterocycles. The van der Waals surface area contributed by atoms with Crippen LogP contribution in [0, 0.1) is 5.41 Å². The van der Waals surface area contributed by atoms with Gasteiger partial charge in [0.2, 0.25) is 0 Å². The first-order valence-corrected chi connectivity index (χ1v) is 8.48. The van der Waals surface area contributed by atoms with Gasteiger partial charge in [-0.3, -0.25) is 0 Å². The van der Waals surface area contributed by atoms with E-state index >= 15 is 0 Å². The van der Waals surface area contributed by atoms with Gasteiger partial charge < -0.3 is 4.90 Å². The molecule has 0 aliphatic carbocycles. The zero-order chi connectivity index (χ0) is 17.3. The zero-order valence-corrected chi connectivity index (χ0v) is 16.2. The lowest BCUT2D eigenvalue weighted by atomic mass is 9.81. The predicted octanol–water partition coefficient (Wildman–Crippen LogP) is 6.16. The lowest BCUT2D eigenvalue weighted by Gasteiger charge is -2.25. The quantitative estimate of drug-likeness (QED) is 0.485. The molecule has 0 amide bonds. The summed E-state index contributed by atoms with van der Waals surface area (Å²) in [4.78, 5) is 2.25. The van der Waals surface area contributed by atoms with E-state index in [2.05, 4.69) is 85.3 Å². The highest BCUT2D eigenvalue weighted by atomic mass is 15.0. The first kappa shape index (κ1) is 20.9. The van der Waals surface area contributed by atoms with E-state index < -0.39 is 0 Å². The average molecular weight is 304 g/mol. The highest BCUT2D eigenvalue weighted by molar-refractivity contribution is 5.44. The maximum absolute atomic E-state index is 4.14. The van der Waals surface area contributed by atoms with E-state index in [9.17, 15) is 0 Å². The number of nitrogens with zero attached hydrogens (tertiary/aromatic N) is 1. The Kier molecular flexibility index (Phi) is 9.36. The highest BCUT2D eigenvalue weighted by Crippen LogP contribution is 2.32. The van der Waals surface area contributed by atoms with E-state index in [1.807, 2.05) is 0 Å². The Bertz CT molecular complexity index is 439. The molecule has 0 atom stereocenters. The number of hydrogen-bond donors (Lipinski definition) is 0. The molecule has 0 aromatic carbocycles. The van der Waals surface area contributed by atoms with Gasteiger partial charge in [-0.25, -0.2) is 0 Å². The number of allylic oxidation sites excluding steroid dienone is 7. The first-order chi connectivity index (χ1) is 10.1. The fourth-order valence-corrected chi connectivity index (χ4v) is 2.49. The van der Waals surface area contributed by atoms with Gasteiger partial charge in [0, 0.05) is 0 Å². The van der Waals surface area contributed by atoms with Crippen LogP contribution in [0.2, 0.25) is 0 Å². The second-order valence-electron chi connectivity index (χ2n) is 7.54. The molecule has 0 bridgehead atoms. The van der Waals surface area contributed by atoms with Crippen molar-refractivity contribution in [1.82, 2.24) is 4.90 Å². The smallest absolute Gasteiger partial charge is 0.00218 e. The molecule has 0 unspecified atom stereocenters. The van der Waals surface area contributed by atoms with E-state index in [0.717, 1.165) is 25.0 Å². The topological polar surface area (TPSA) is 3.24 Å². The lowest BCUT2D eigenvalue weighted by molar-refractivity contribution is 0.399. The summed E-state index contributed by atoms with van der Waals surface area (Å²) >= 11 is 0. The van der Waals surface area contributed by atoms with Gasteiger partial charge in [-0.05, 0) is 70.3 Å². The molecule has 126 valence electrons. The summed E-state index contributed by atoms with van der Waals surface area (Å²) in [7, 11) is 4.27. The number of hydrogen-bond acceptors (Lipinski definition) is 1. The van der Waals surface area contributed by atoms with Crippen LogP contribution < -0.4 is 0 Å². The second-order valence-corrected chi connectivity index (χ2v) is 7.54. The summed E-state index contributed by atoms with van der Waals surface area (Å²) in [6.45, 7) is 18.7. The zero-order valence-electron chi connectivity index (χ0n) is 16.2. The third-order valence-electron chi connectivity index (χ3n) is 3.75. The molecule has 1 heteroatoms. The van der Waals surface area contributed by atoms with Gasteiger partial charge in [0.1, 0.15) is 0 Å². The fourth-order valence-electron chi connectivity index (χ4n) is 2.49. The van der Waals surface area contributed by atoms with Crippen molar-refractivity contribution in [2.24, 2.45) is 5.41 Å². The van der Waals surface area contributed by atoms with Crippen molar-refractivity contribution in [3.8, 4) is 0 Å². The maximum atomic E-state index is 4.14. The molecule has 0 aliphatic rings. The Hall–Kier alpha value is -1.08. The predicted molar refractivity (Wildman–Crippen MR) is 102 cm³/mol. The van der Waals surface area contributed by atoms with Gasteiger partial charge in [-0.15, -0.1) is 0 Å². The molecule has 0 aliphatic heterocycles. The van der Waals surface area contributed by atoms with Crippen LogP contribution in [0.1, 0.15) is 60.8 Å². The van der Waals surface area contributed by atoms with Crippen molar-refractivity contribution in [1.29, 1.82) is 0 Å². The summed E-state index contributed by atoms with van der Waals surface area (Å²) in [5.74, 6) is 0. The molecule has 0 fully saturated rings. The molecule has 0 aromatic rings. The summed E-state index contributed by atoms with van der Waals surface area (Å²) < 4.78 is 0. The van der Waals surface area contributed by atoms with Crippen LogP contribution in [0.4, 0.5) is 0 Å². The molecule has 0 rings (SSSR count). The molecular weight excluding hydrogens is 266 g/mol. The Balaban J connectivity index is 5.52. The van der Waals surface area contributed by atoms with Crippen LogP contribution in [0.15, 0.2) is 47.1 Å². The van der Waals surface area contributed by atoms with E-state index in [-0.39, 0.29) is 5.41 Å². The van der Waals surface area contributed by atoms with Crippen LogP contribution in [-0.2, 0) is 0 Å². The van der Waals surface area contributed by atoms with Crippen LogP contribution in [0.3, 0.4) is 0 Å². The van der Waals surface area contributed by atoms with Crippen molar-refractivity contribution < 1.29 is 0 Å². The van der Waals surface area contributed by atoms with Gasteiger partial charge in [0.25, 0.3) is 0 Å². The third kappa shape index (κ3) is 8.38. The van der Waals surface area contributed by atoms with E-state index in [1.165, 1.54) is 23.1 Å². The van der Waals surface area contributed by atoms with Crippen LogP contribution >= 0.6 is 0 Å². The standard InChI is InChI=1S/C21H37N/c1-10-11-14-19(17(2)3)16-20(21(5,6)7)18(4)13-12-15-22(8)9/h11,14,16H,2,10,12-13,15H2,1,3-9H3/b14-11-,19-16-,20-18-.